The number of nitrogens with zero attached hydrogens (tertiary/aromatic N) is 6. The predicted octanol–water partition coefficient (Wildman–Crippen LogP) is 3.83. The van der Waals surface area contributed by atoms with E-state index in [0.29, 0.717) is 34.8 Å². The van der Waals surface area contributed by atoms with Gasteiger partial charge in [-0.3, -0.25) is 19.2 Å². The fraction of sp³-hybridized carbons (Fsp3) is 0.333. The molecule has 2 N–H and O–H groups in total. The van der Waals surface area contributed by atoms with E-state index in [9.17, 15) is 13.2 Å². The molecule has 2 saturated heterocycles. The number of ether oxygens (including phenoxy) is 1. The lowest BCUT2D eigenvalue weighted by atomic mass is 9.96. The molecule has 0 saturated carbocycles. The Morgan fingerprint density at radius 2 is 1.91 bits per heavy atom. The number of likely N-dealkylation sites (tertiary alicyclic amines) is 1. The number of hydrogen-bond acceptors (Lipinski definition) is 10. The van der Waals surface area contributed by atoms with E-state index in [0.717, 1.165) is 50.1 Å². The number of rotatable bonds is 8. The molecule has 5 aromatic rings. The van der Waals surface area contributed by atoms with Gasteiger partial charge in [0.1, 0.15) is 5.65 Å². The minimum atomic E-state index is -3.92. The first kappa shape index (κ1) is 30.2. The minimum absolute atomic E-state index is 0.00248. The van der Waals surface area contributed by atoms with Crippen LogP contribution < -0.4 is 16.2 Å². The van der Waals surface area contributed by atoms with Crippen molar-refractivity contribution >= 4 is 32.7 Å². The maximum absolute atomic E-state index is 14.3. The van der Waals surface area contributed by atoms with Crippen LogP contribution in [0.3, 0.4) is 0 Å². The third-order valence-corrected chi connectivity index (χ3v) is 10.5. The second kappa shape index (κ2) is 12.8. The van der Waals surface area contributed by atoms with Gasteiger partial charge in [0.2, 0.25) is 5.95 Å². The molecule has 2 atom stereocenters. The van der Waals surface area contributed by atoms with E-state index in [1.807, 2.05) is 37.4 Å². The van der Waals surface area contributed by atoms with E-state index >= 15 is 0 Å². The van der Waals surface area contributed by atoms with Gasteiger partial charge in [-0.25, -0.2) is 17.4 Å². The van der Waals surface area contributed by atoms with Crippen molar-refractivity contribution in [1.82, 2.24) is 33.7 Å². The van der Waals surface area contributed by atoms with Gasteiger partial charge in [-0.2, -0.15) is 4.98 Å². The van der Waals surface area contributed by atoms with Crippen molar-refractivity contribution in [2.24, 2.45) is 0 Å². The zero-order chi connectivity index (χ0) is 31.7. The van der Waals surface area contributed by atoms with Gasteiger partial charge in [0, 0.05) is 60.6 Å². The number of nitrogens with one attached hydrogen (secondary N) is 2. The van der Waals surface area contributed by atoms with Gasteiger partial charge in [-0.1, -0.05) is 18.6 Å². The van der Waals surface area contributed by atoms with E-state index in [-0.39, 0.29) is 29.1 Å². The molecule has 2 aliphatic heterocycles. The fourth-order valence-electron chi connectivity index (χ4n) is 6.33. The first-order chi connectivity index (χ1) is 22.4. The lowest BCUT2D eigenvalue weighted by Gasteiger charge is -2.32. The van der Waals surface area contributed by atoms with Crippen molar-refractivity contribution in [3.63, 3.8) is 0 Å². The molecule has 13 heteroatoms. The zero-order valence-corrected chi connectivity index (χ0v) is 26.4. The Balaban J connectivity index is 1.27. The molecule has 2 aliphatic rings. The van der Waals surface area contributed by atoms with Crippen LogP contribution >= 0.6 is 0 Å². The zero-order valence-electron chi connectivity index (χ0n) is 25.5. The summed E-state index contributed by atoms with van der Waals surface area (Å²) in [6, 6.07) is 16.1. The minimum Gasteiger partial charge on any atom is -0.371 e. The Kier molecular flexibility index (Phi) is 8.38. The number of benzene rings is 1. The molecule has 2 unspecified atom stereocenters. The smallest absolute Gasteiger partial charge is 0.268 e. The molecular weight excluding hydrogens is 604 g/mol. The van der Waals surface area contributed by atoms with Crippen molar-refractivity contribution in [3.8, 4) is 0 Å². The van der Waals surface area contributed by atoms with Crippen LogP contribution in [0.1, 0.15) is 48.2 Å². The van der Waals surface area contributed by atoms with Crippen LogP contribution in [0.4, 0.5) is 11.6 Å². The lowest BCUT2D eigenvalue weighted by Crippen LogP contribution is -2.36. The SMILES string of the molecule is CN1CCCCC1c1cc2cnc(Nc3ccc(C4CNCCO4)cc3)nc2n(Cc2cccn2S(=O)(=O)c2ccncc2)c1=O. The number of hydrogen-bond donors (Lipinski definition) is 2. The average molecular weight is 641 g/mol. The Morgan fingerprint density at radius 3 is 2.67 bits per heavy atom. The quantitative estimate of drug-likeness (QED) is 0.258. The molecule has 238 valence electrons. The first-order valence-corrected chi connectivity index (χ1v) is 16.9. The van der Waals surface area contributed by atoms with E-state index in [2.05, 4.69) is 25.5 Å². The number of pyridine rings is 2. The summed E-state index contributed by atoms with van der Waals surface area (Å²) in [6.45, 7) is 3.19. The van der Waals surface area contributed by atoms with Crippen molar-refractivity contribution in [3.05, 3.63) is 107 Å². The molecule has 0 bridgehead atoms. The van der Waals surface area contributed by atoms with Crippen molar-refractivity contribution in [2.75, 3.05) is 38.6 Å². The van der Waals surface area contributed by atoms with Crippen molar-refractivity contribution in [1.29, 1.82) is 0 Å². The average Bonchev–Trinajstić information content (AvgIpc) is 3.57. The second-order valence-corrected chi connectivity index (χ2v) is 13.6. The lowest BCUT2D eigenvalue weighted by molar-refractivity contribution is 0.0277. The fourth-order valence-corrected chi connectivity index (χ4v) is 7.68. The number of anilines is 2. The molecule has 4 aromatic heterocycles. The van der Waals surface area contributed by atoms with Crippen LogP contribution in [-0.4, -0.2) is 70.1 Å². The highest BCUT2D eigenvalue weighted by atomic mass is 32.2. The van der Waals surface area contributed by atoms with Crippen LogP contribution in [0.5, 0.6) is 0 Å². The second-order valence-electron chi connectivity index (χ2n) is 11.7. The summed E-state index contributed by atoms with van der Waals surface area (Å²) >= 11 is 0. The third kappa shape index (κ3) is 5.94. The summed E-state index contributed by atoms with van der Waals surface area (Å²) in [5.41, 5.74) is 3.17. The van der Waals surface area contributed by atoms with Crippen LogP contribution in [0.25, 0.3) is 11.0 Å². The van der Waals surface area contributed by atoms with Crippen LogP contribution in [0.15, 0.2) is 89.1 Å². The first-order valence-electron chi connectivity index (χ1n) is 15.5. The van der Waals surface area contributed by atoms with Gasteiger partial charge >= 0.3 is 0 Å². The molecule has 1 aromatic carbocycles. The molecule has 6 heterocycles. The number of fused-ring (bicyclic) bond motifs is 1. The number of aromatic nitrogens is 5. The Labute approximate surface area is 267 Å². The molecule has 2 fully saturated rings. The predicted molar refractivity (Wildman–Crippen MR) is 175 cm³/mol. The highest BCUT2D eigenvalue weighted by molar-refractivity contribution is 7.90. The highest BCUT2D eigenvalue weighted by Crippen LogP contribution is 2.30. The molecular formula is C33H36N8O4S. The highest BCUT2D eigenvalue weighted by Gasteiger charge is 2.27. The van der Waals surface area contributed by atoms with Gasteiger partial charge in [0.25, 0.3) is 15.6 Å². The number of morpholine rings is 1. The third-order valence-electron chi connectivity index (χ3n) is 8.77. The van der Waals surface area contributed by atoms with Crippen LogP contribution in [0.2, 0.25) is 0 Å². The Bertz CT molecular complexity index is 2010. The van der Waals surface area contributed by atoms with Crippen molar-refractivity contribution in [2.45, 2.75) is 42.8 Å². The summed E-state index contributed by atoms with van der Waals surface area (Å²) in [4.78, 5) is 30.0. The van der Waals surface area contributed by atoms with Crippen LogP contribution in [-0.2, 0) is 21.3 Å². The van der Waals surface area contributed by atoms with Crippen LogP contribution in [0, 0.1) is 0 Å². The summed E-state index contributed by atoms with van der Waals surface area (Å²) in [5, 5.41) is 7.31. The van der Waals surface area contributed by atoms with E-state index in [1.165, 1.54) is 34.7 Å². The molecule has 0 amide bonds. The maximum Gasteiger partial charge on any atom is 0.268 e. The normalized spacial score (nSPS) is 19.3. The Hall–Kier alpha value is -4.43. The topological polar surface area (TPSA) is 136 Å². The summed E-state index contributed by atoms with van der Waals surface area (Å²) in [6.07, 6.45) is 9.08. The van der Waals surface area contributed by atoms with E-state index < -0.39 is 10.0 Å². The summed E-state index contributed by atoms with van der Waals surface area (Å²) in [7, 11) is -1.88. The summed E-state index contributed by atoms with van der Waals surface area (Å²) in [5.74, 6) is 0.325. The Morgan fingerprint density at radius 1 is 1.09 bits per heavy atom. The standard InChI is InChI=1S/C33H36N8O4S/c1-39-16-3-2-6-29(39)28-19-24-20-36-33(37-25-9-7-23(8-10-25)30-21-35-15-18-45-30)38-31(24)40(32(28)42)22-26-5-4-17-41(26)46(43,44)27-11-13-34-14-12-27/h4-5,7-14,17,19-20,29-30,35H,2-3,6,15-16,18,21-22H2,1H3,(H,36,37,38). The molecule has 0 aliphatic carbocycles. The molecule has 7 rings (SSSR count). The van der Waals surface area contributed by atoms with Gasteiger partial charge in [0.15, 0.2) is 0 Å². The van der Waals surface area contributed by atoms with Gasteiger partial charge < -0.3 is 15.4 Å². The van der Waals surface area contributed by atoms with Gasteiger partial charge in [-0.15, -0.1) is 0 Å². The molecule has 0 spiro atoms. The largest absolute Gasteiger partial charge is 0.371 e. The molecule has 0 radical (unpaired) electrons. The van der Waals surface area contributed by atoms with E-state index in [4.69, 9.17) is 9.72 Å². The van der Waals surface area contributed by atoms with Gasteiger partial charge in [0.05, 0.1) is 29.8 Å². The molecule has 12 nitrogen and oxygen atoms in total. The maximum atomic E-state index is 14.3. The monoisotopic (exact) mass is 640 g/mol. The van der Waals surface area contributed by atoms with E-state index in [1.54, 1.807) is 22.9 Å². The van der Waals surface area contributed by atoms with Crippen molar-refractivity contribution < 1.29 is 13.2 Å². The number of piperidine rings is 1. The molecule has 46 heavy (non-hydrogen) atoms. The summed E-state index contributed by atoms with van der Waals surface area (Å²) < 4.78 is 35.8. The van der Waals surface area contributed by atoms with Gasteiger partial charge in [-0.05, 0) is 74.5 Å².